The van der Waals surface area contributed by atoms with Crippen LogP contribution in [-0.4, -0.2) is 15.4 Å². The SMILES string of the molecule is CCCCCCC(C)Sc1n[nH]c(=S)s1. The van der Waals surface area contributed by atoms with Crippen LogP contribution in [0.3, 0.4) is 0 Å². The van der Waals surface area contributed by atoms with Crippen LogP contribution in [0, 0.1) is 3.95 Å². The van der Waals surface area contributed by atoms with E-state index in [9.17, 15) is 0 Å². The van der Waals surface area contributed by atoms with Gasteiger partial charge in [0.15, 0.2) is 8.29 Å². The molecule has 0 aromatic carbocycles. The minimum Gasteiger partial charge on any atom is -0.257 e. The van der Waals surface area contributed by atoms with Crippen LogP contribution >= 0.6 is 35.3 Å². The number of nitrogens with one attached hydrogen (secondary N) is 1. The molecule has 86 valence electrons. The Balaban J connectivity index is 2.18. The summed E-state index contributed by atoms with van der Waals surface area (Å²) in [6.45, 7) is 4.51. The highest BCUT2D eigenvalue weighted by atomic mass is 32.2. The van der Waals surface area contributed by atoms with Gasteiger partial charge in [0.25, 0.3) is 0 Å². The van der Waals surface area contributed by atoms with E-state index >= 15 is 0 Å². The fourth-order valence-electron chi connectivity index (χ4n) is 1.36. The fourth-order valence-corrected chi connectivity index (χ4v) is 3.80. The van der Waals surface area contributed by atoms with E-state index in [1.165, 1.54) is 32.1 Å². The van der Waals surface area contributed by atoms with Gasteiger partial charge in [0, 0.05) is 5.25 Å². The summed E-state index contributed by atoms with van der Waals surface area (Å²) in [4.78, 5) is 0. The summed E-state index contributed by atoms with van der Waals surface area (Å²) in [7, 11) is 0. The smallest absolute Gasteiger partial charge is 0.177 e. The molecule has 0 aliphatic carbocycles. The summed E-state index contributed by atoms with van der Waals surface area (Å²) in [5, 5.41) is 7.61. The second-order valence-corrected chi connectivity index (χ2v) is 7.01. The maximum Gasteiger partial charge on any atom is 0.177 e. The first-order valence-electron chi connectivity index (χ1n) is 5.44. The summed E-state index contributed by atoms with van der Waals surface area (Å²) in [6, 6.07) is 0. The van der Waals surface area contributed by atoms with Crippen molar-refractivity contribution in [2.24, 2.45) is 0 Å². The molecule has 0 fully saturated rings. The van der Waals surface area contributed by atoms with Gasteiger partial charge in [-0.2, -0.15) is 5.10 Å². The van der Waals surface area contributed by atoms with Crippen molar-refractivity contribution in [3.05, 3.63) is 3.95 Å². The Morgan fingerprint density at radius 1 is 1.47 bits per heavy atom. The predicted molar refractivity (Wildman–Crippen MR) is 71.4 cm³/mol. The molecule has 2 nitrogen and oxygen atoms in total. The predicted octanol–water partition coefficient (Wildman–Crippen LogP) is 4.65. The molecular formula is C10H18N2S3. The second-order valence-electron chi connectivity index (χ2n) is 3.66. The van der Waals surface area contributed by atoms with Gasteiger partial charge < -0.3 is 0 Å². The number of unbranched alkanes of at least 4 members (excludes halogenated alkanes) is 3. The zero-order chi connectivity index (χ0) is 11.1. The first-order valence-corrected chi connectivity index (χ1v) is 7.55. The van der Waals surface area contributed by atoms with Crippen LogP contribution in [0.2, 0.25) is 0 Å². The molecule has 0 spiro atoms. The van der Waals surface area contributed by atoms with Crippen LogP contribution in [0.25, 0.3) is 0 Å². The molecule has 1 N–H and O–H groups in total. The van der Waals surface area contributed by atoms with E-state index in [4.69, 9.17) is 12.2 Å². The van der Waals surface area contributed by atoms with Crippen LogP contribution in [0.4, 0.5) is 0 Å². The molecule has 0 aliphatic rings. The van der Waals surface area contributed by atoms with Crippen molar-refractivity contribution in [1.29, 1.82) is 0 Å². The highest BCUT2D eigenvalue weighted by molar-refractivity contribution is 8.01. The molecule has 1 atom stereocenters. The Morgan fingerprint density at radius 3 is 2.87 bits per heavy atom. The van der Waals surface area contributed by atoms with Crippen molar-refractivity contribution < 1.29 is 0 Å². The van der Waals surface area contributed by atoms with E-state index in [2.05, 4.69) is 24.0 Å². The molecule has 1 aromatic heterocycles. The fraction of sp³-hybridized carbons (Fsp3) is 0.800. The third-order valence-electron chi connectivity index (χ3n) is 2.18. The van der Waals surface area contributed by atoms with Crippen molar-refractivity contribution in [2.75, 3.05) is 0 Å². The summed E-state index contributed by atoms with van der Waals surface area (Å²) in [5.74, 6) is 0. The van der Waals surface area contributed by atoms with E-state index < -0.39 is 0 Å². The molecule has 0 saturated carbocycles. The van der Waals surface area contributed by atoms with Crippen LogP contribution in [0.1, 0.15) is 46.0 Å². The minimum atomic E-state index is 0.649. The summed E-state index contributed by atoms with van der Waals surface area (Å²) in [5.41, 5.74) is 0. The average Bonchev–Trinajstić information content (AvgIpc) is 2.59. The third kappa shape index (κ3) is 5.68. The van der Waals surface area contributed by atoms with Crippen LogP contribution in [0.15, 0.2) is 4.34 Å². The molecule has 1 rings (SSSR count). The summed E-state index contributed by atoms with van der Waals surface area (Å²) < 4.78 is 1.85. The Bertz CT molecular complexity index is 318. The number of aromatic amines is 1. The van der Waals surface area contributed by atoms with Gasteiger partial charge in [-0.3, -0.25) is 5.10 Å². The van der Waals surface area contributed by atoms with Gasteiger partial charge in [0.05, 0.1) is 0 Å². The molecule has 1 aromatic rings. The van der Waals surface area contributed by atoms with Gasteiger partial charge in [0.1, 0.15) is 0 Å². The van der Waals surface area contributed by atoms with Crippen LogP contribution < -0.4 is 0 Å². The van der Waals surface area contributed by atoms with Gasteiger partial charge in [-0.1, -0.05) is 62.6 Å². The normalized spacial score (nSPS) is 12.9. The summed E-state index contributed by atoms with van der Waals surface area (Å²) in [6.07, 6.45) is 6.63. The molecule has 5 heteroatoms. The van der Waals surface area contributed by atoms with Gasteiger partial charge in [-0.25, -0.2) is 0 Å². The van der Waals surface area contributed by atoms with Gasteiger partial charge in [-0.15, -0.1) is 0 Å². The molecule has 15 heavy (non-hydrogen) atoms. The van der Waals surface area contributed by atoms with Crippen molar-refractivity contribution in [2.45, 2.75) is 55.5 Å². The lowest BCUT2D eigenvalue weighted by Gasteiger charge is -2.07. The quantitative estimate of drug-likeness (QED) is 0.440. The first kappa shape index (κ1) is 13.2. The number of rotatable bonds is 7. The van der Waals surface area contributed by atoms with E-state index in [1.807, 2.05) is 11.8 Å². The molecule has 0 saturated heterocycles. The molecule has 0 bridgehead atoms. The number of H-pyrrole nitrogens is 1. The van der Waals surface area contributed by atoms with Crippen molar-refractivity contribution in [3.8, 4) is 0 Å². The van der Waals surface area contributed by atoms with E-state index in [0.29, 0.717) is 5.25 Å². The average molecular weight is 262 g/mol. The van der Waals surface area contributed by atoms with Crippen LogP contribution in [-0.2, 0) is 0 Å². The van der Waals surface area contributed by atoms with Crippen molar-refractivity contribution in [1.82, 2.24) is 10.2 Å². The van der Waals surface area contributed by atoms with Gasteiger partial charge >= 0.3 is 0 Å². The lowest BCUT2D eigenvalue weighted by atomic mass is 10.1. The maximum absolute atomic E-state index is 4.99. The highest BCUT2D eigenvalue weighted by Gasteiger charge is 2.06. The number of hydrogen-bond donors (Lipinski definition) is 1. The Morgan fingerprint density at radius 2 is 2.27 bits per heavy atom. The summed E-state index contributed by atoms with van der Waals surface area (Å²) >= 11 is 8.40. The minimum absolute atomic E-state index is 0.649. The first-order chi connectivity index (χ1) is 7.22. The van der Waals surface area contributed by atoms with Gasteiger partial charge in [0.2, 0.25) is 0 Å². The van der Waals surface area contributed by atoms with E-state index in [1.54, 1.807) is 11.3 Å². The lowest BCUT2D eigenvalue weighted by molar-refractivity contribution is 0.630. The molecule has 0 radical (unpaired) electrons. The maximum atomic E-state index is 4.99. The number of hydrogen-bond acceptors (Lipinski definition) is 4. The Labute approximate surface area is 105 Å². The molecule has 1 heterocycles. The van der Waals surface area contributed by atoms with Crippen LogP contribution in [0.5, 0.6) is 0 Å². The zero-order valence-corrected chi connectivity index (χ0v) is 11.7. The topological polar surface area (TPSA) is 28.7 Å². The second kappa shape index (κ2) is 7.41. The molecule has 1 unspecified atom stereocenters. The van der Waals surface area contributed by atoms with E-state index in [0.717, 1.165) is 8.29 Å². The number of aromatic nitrogens is 2. The Hall–Kier alpha value is 0.130. The van der Waals surface area contributed by atoms with Gasteiger partial charge in [-0.05, 0) is 18.6 Å². The molecule has 0 aliphatic heterocycles. The largest absolute Gasteiger partial charge is 0.257 e. The standard InChI is InChI=1S/C10H18N2S3/c1-3-4-5-6-7-8(2)14-10-12-11-9(13)15-10/h8H,3-7H2,1-2H3,(H,11,13). The van der Waals surface area contributed by atoms with Crippen molar-refractivity contribution >= 4 is 35.3 Å². The zero-order valence-electron chi connectivity index (χ0n) is 9.28. The number of thioether (sulfide) groups is 1. The van der Waals surface area contributed by atoms with Crippen molar-refractivity contribution in [3.63, 3.8) is 0 Å². The monoisotopic (exact) mass is 262 g/mol. The molecule has 0 amide bonds. The van der Waals surface area contributed by atoms with E-state index in [-0.39, 0.29) is 0 Å². The lowest BCUT2D eigenvalue weighted by Crippen LogP contribution is -1.95. The highest BCUT2D eigenvalue weighted by Crippen LogP contribution is 2.27. The molecular weight excluding hydrogens is 244 g/mol. The number of nitrogens with zero attached hydrogens (tertiary/aromatic N) is 1. The Kier molecular flexibility index (Phi) is 6.52. The third-order valence-corrected chi connectivity index (χ3v) is 4.54.